The predicted octanol–water partition coefficient (Wildman–Crippen LogP) is 7.63. The van der Waals surface area contributed by atoms with Crippen molar-refractivity contribution < 1.29 is 9.59 Å². The lowest BCUT2D eigenvalue weighted by atomic mass is 9.48. The Morgan fingerprint density at radius 3 is 2.49 bits per heavy atom. The molecule has 5 atom stereocenters. The van der Waals surface area contributed by atoms with Crippen LogP contribution in [0.1, 0.15) is 83.1 Å². The van der Waals surface area contributed by atoms with Crippen molar-refractivity contribution >= 4 is 11.6 Å². The van der Waals surface area contributed by atoms with Crippen LogP contribution in [0.3, 0.4) is 0 Å². The van der Waals surface area contributed by atoms with Crippen molar-refractivity contribution in [3.8, 4) is 11.1 Å². The van der Waals surface area contributed by atoms with Crippen LogP contribution < -0.4 is 0 Å². The van der Waals surface area contributed by atoms with Gasteiger partial charge in [0.25, 0.3) is 0 Å². The van der Waals surface area contributed by atoms with Crippen LogP contribution in [0.25, 0.3) is 11.1 Å². The molecule has 0 bridgehead atoms. The van der Waals surface area contributed by atoms with Gasteiger partial charge in [0.05, 0.1) is 0 Å². The first-order valence-electron chi connectivity index (χ1n) is 14.4. The average Bonchev–Trinajstić information content (AvgIpc) is 3.73. The molecule has 1 aromatic heterocycles. The standard InChI is InChI=1S/C34H37NO2/c1-33(32(37)23-9-10-23)16-15-30-28-13-11-24-18-26(36)12-14-27(24)31(28)29(19-34(30,33)2)22-7-5-21(6-8-22)25-4-3-17-35-20-25/h3-8,17-18,20,23,28-30H,9-16,19H2,1-2H3/t28-,29+,30-,33-,34-/m0/s1. The van der Waals surface area contributed by atoms with Gasteiger partial charge in [-0.1, -0.05) is 49.8 Å². The number of rotatable bonds is 4. The summed E-state index contributed by atoms with van der Waals surface area (Å²) in [6.07, 6.45) is 14.8. The van der Waals surface area contributed by atoms with E-state index in [0.29, 0.717) is 41.7 Å². The van der Waals surface area contributed by atoms with Gasteiger partial charge in [-0.25, -0.2) is 0 Å². The summed E-state index contributed by atoms with van der Waals surface area (Å²) in [5, 5.41) is 0. The fourth-order valence-corrected chi connectivity index (χ4v) is 8.84. The van der Waals surface area contributed by atoms with Crippen molar-refractivity contribution in [3.63, 3.8) is 0 Å². The lowest BCUT2D eigenvalue weighted by Crippen LogP contribution is -2.50. The lowest BCUT2D eigenvalue weighted by molar-refractivity contribution is -0.138. The Kier molecular flexibility index (Phi) is 5.26. The molecule has 0 spiro atoms. The van der Waals surface area contributed by atoms with Crippen LogP contribution >= 0.6 is 0 Å². The number of hydrogen-bond donors (Lipinski definition) is 0. The van der Waals surface area contributed by atoms with E-state index in [-0.39, 0.29) is 10.8 Å². The molecule has 3 nitrogen and oxygen atoms in total. The van der Waals surface area contributed by atoms with Gasteiger partial charge >= 0.3 is 0 Å². The van der Waals surface area contributed by atoms with Crippen molar-refractivity contribution in [1.29, 1.82) is 0 Å². The molecule has 7 rings (SSSR count). The highest BCUT2D eigenvalue weighted by Crippen LogP contribution is 2.70. The van der Waals surface area contributed by atoms with E-state index >= 15 is 0 Å². The molecular weight excluding hydrogens is 454 g/mol. The molecule has 3 heteroatoms. The Labute approximate surface area is 220 Å². The molecule has 0 N–H and O–H groups in total. The van der Waals surface area contributed by atoms with Crippen molar-refractivity contribution in [2.75, 3.05) is 0 Å². The number of fused-ring (bicyclic) bond motifs is 4. The Hall–Kier alpha value is -2.81. The Morgan fingerprint density at radius 2 is 1.76 bits per heavy atom. The Bertz CT molecular complexity index is 1330. The normalized spacial score (nSPS) is 34.9. The number of carbonyl (C=O) groups excluding carboxylic acids is 2. The van der Waals surface area contributed by atoms with Crippen LogP contribution in [0.4, 0.5) is 0 Å². The first-order chi connectivity index (χ1) is 17.9. The Morgan fingerprint density at radius 1 is 0.946 bits per heavy atom. The molecule has 0 unspecified atom stereocenters. The molecule has 2 aromatic rings. The van der Waals surface area contributed by atoms with E-state index in [2.05, 4.69) is 49.2 Å². The summed E-state index contributed by atoms with van der Waals surface area (Å²) < 4.78 is 0. The topological polar surface area (TPSA) is 47.0 Å². The van der Waals surface area contributed by atoms with Gasteiger partial charge in [0.15, 0.2) is 5.78 Å². The third kappa shape index (κ3) is 3.49. The van der Waals surface area contributed by atoms with Crippen LogP contribution in [0.15, 0.2) is 71.6 Å². The molecule has 5 aliphatic carbocycles. The summed E-state index contributed by atoms with van der Waals surface area (Å²) in [5.74, 6) is 2.55. The number of ketones is 2. The van der Waals surface area contributed by atoms with E-state index < -0.39 is 0 Å². The summed E-state index contributed by atoms with van der Waals surface area (Å²) in [6.45, 7) is 4.79. The van der Waals surface area contributed by atoms with Gasteiger partial charge in [0, 0.05) is 36.1 Å². The summed E-state index contributed by atoms with van der Waals surface area (Å²) in [7, 11) is 0. The molecule has 37 heavy (non-hydrogen) atoms. The molecule has 0 saturated heterocycles. The third-order valence-corrected chi connectivity index (χ3v) is 11.1. The van der Waals surface area contributed by atoms with Gasteiger partial charge in [0.1, 0.15) is 5.78 Å². The molecule has 5 aliphatic rings. The molecule has 0 aliphatic heterocycles. The highest BCUT2D eigenvalue weighted by Gasteiger charge is 2.65. The first-order valence-corrected chi connectivity index (χ1v) is 14.4. The second kappa shape index (κ2) is 8.35. The average molecular weight is 492 g/mol. The number of pyridine rings is 1. The number of carbonyl (C=O) groups is 2. The monoisotopic (exact) mass is 491 g/mol. The van der Waals surface area contributed by atoms with Crippen molar-refractivity contribution in [2.45, 2.75) is 77.6 Å². The summed E-state index contributed by atoms with van der Waals surface area (Å²) in [5.41, 5.74) is 7.89. The van der Waals surface area contributed by atoms with Gasteiger partial charge in [-0.3, -0.25) is 14.6 Å². The van der Waals surface area contributed by atoms with Gasteiger partial charge in [-0.15, -0.1) is 0 Å². The van der Waals surface area contributed by atoms with Crippen molar-refractivity contribution in [3.05, 3.63) is 77.2 Å². The molecular formula is C34H37NO2. The second-order valence-corrected chi connectivity index (χ2v) is 12.9. The number of nitrogens with zero attached hydrogens (tertiary/aromatic N) is 1. The summed E-state index contributed by atoms with van der Waals surface area (Å²) in [4.78, 5) is 30.4. The van der Waals surface area contributed by atoms with Gasteiger partial charge in [-0.05, 0) is 109 Å². The van der Waals surface area contributed by atoms with Crippen molar-refractivity contribution in [2.24, 2.45) is 28.6 Å². The number of aromatic nitrogens is 1. The van der Waals surface area contributed by atoms with E-state index in [4.69, 9.17) is 0 Å². The zero-order chi connectivity index (χ0) is 25.4. The fraction of sp³-hybridized carbons (Fsp3) is 0.500. The zero-order valence-corrected chi connectivity index (χ0v) is 22.1. The molecule has 0 amide bonds. The highest BCUT2D eigenvalue weighted by atomic mass is 16.1. The minimum absolute atomic E-state index is 0.0137. The number of Topliss-reactive ketones (excluding diaryl/α,β-unsaturated/α-hetero) is 1. The maximum absolute atomic E-state index is 13.8. The van der Waals surface area contributed by atoms with Crippen LogP contribution in [0.5, 0.6) is 0 Å². The van der Waals surface area contributed by atoms with E-state index in [0.717, 1.165) is 56.9 Å². The zero-order valence-electron chi connectivity index (χ0n) is 22.1. The maximum atomic E-state index is 13.8. The van der Waals surface area contributed by atoms with E-state index in [9.17, 15) is 9.59 Å². The maximum Gasteiger partial charge on any atom is 0.156 e. The minimum Gasteiger partial charge on any atom is -0.299 e. The van der Waals surface area contributed by atoms with E-state index in [1.807, 2.05) is 24.5 Å². The summed E-state index contributed by atoms with van der Waals surface area (Å²) >= 11 is 0. The van der Waals surface area contributed by atoms with E-state index in [1.165, 1.54) is 22.3 Å². The first kappa shape index (κ1) is 23.3. The Balaban J connectivity index is 1.35. The number of hydrogen-bond acceptors (Lipinski definition) is 3. The third-order valence-electron chi connectivity index (χ3n) is 11.1. The minimum atomic E-state index is -0.221. The largest absolute Gasteiger partial charge is 0.299 e. The van der Waals surface area contributed by atoms with Crippen LogP contribution in [-0.2, 0) is 9.59 Å². The van der Waals surface area contributed by atoms with E-state index in [1.54, 1.807) is 5.57 Å². The lowest BCUT2D eigenvalue weighted by Gasteiger charge is -2.55. The molecule has 190 valence electrons. The van der Waals surface area contributed by atoms with Gasteiger partial charge in [0.2, 0.25) is 0 Å². The summed E-state index contributed by atoms with van der Waals surface area (Å²) in [6, 6.07) is 13.2. The number of allylic oxidation sites excluding steroid dienone is 4. The van der Waals surface area contributed by atoms with Crippen LogP contribution in [-0.4, -0.2) is 16.6 Å². The molecule has 0 radical (unpaired) electrons. The smallest absolute Gasteiger partial charge is 0.156 e. The molecule has 1 aromatic carbocycles. The predicted molar refractivity (Wildman–Crippen MR) is 146 cm³/mol. The van der Waals surface area contributed by atoms with Gasteiger partial charge in [-0.2, -0.15) is 0 Å². The fourth-order valence-electron chi connectivity index (χ4n) is 8.84. The number of benzene rings is 1. The van der Waals surface area contributed by atoms with Gasteiger partial charge < -0.3 is 0 Å². The highest BCUT2D eigenvalue weighted by molar-refractivity contribution is 5.93. The van der Waals surface area contributed by atoms with Crippen LogP contribution in [0, 0.1) is 28.6 Å². The second-order valence-electron chi connectivity index (χ2n) is 12.9. The van der Waals surface area contributed by atoms with Crippen LogP contribution in [0.2, 0.25) is 0 Å². The quantitative estimate of drug-likeness (QED) is 0.442. The molecule has 3 saturated carbocycles. The SMILES string of the molecule is C[C@@]1(C(=O)C2CC2)CC[C@H]2[C@@H]3CCC4=CC(=O)CCC4=C3[C@@H](c3ccc(-c4cccnc4)cc3)C[C@@]21C. The molecule has 3 fully saturated rings. The molecule has 1 heterocycles. The van der Waals surface area contributed by atoms with Crippen molar-refractivity contribution in [1.82, 2.24) is 4.98 Å².